The van der Waals surface area contributed by atoms with Gasteiger partial charge in [0.25, 0.3) is 5.91 Å². The lowest BCUT2D eigenvalue weighted by atomic mass is 10.2. The monoisotopic (exact) mass is 239 g/mol. The van der Waals surface area contributed by atoms with Gasteiger partial charge >= 0.3 is 0 Å². The minimum atomic E-state index is -0.310. The lowest BCUT2D eigenvalue weighted by Gasteiger charge is -2.06. The highest BCUT2D eigenvalue weighted by atomic mass is 16.3. The van der Waals surface area contributed by atoms with Gasteiger partial charge in [-0.1, -0.05) is 6.92 Å². The van der Waals surface area contributed by atoms with E-state index in [-0.39, 0.29) is 12.0 Å². The van der Waals surface area contributed by atoms with E-state index < -0.39 is 0 Å². The molecule has 1 unspecified atom stereocenters. The fourth-order valence-electron chi connectivity index (χ4n) is 1.60. The van der Waals surface area contributed by atoms with E-state index >= 15 is 0 Å². The summed E-state index contributed by atoms with van der Waals surface area (Å²) in [6.07, 6.45) is 1.99. The third-order valence-corrected chi connectivity index (χ3v) is 2.61. The normalized spacial score (nSPS) is 12.5. The Hall–Kier alpha value is -1.36. The van der Waals surface area contributed by atoms with Gasteiger partial charge in [0.15, 0.2) is 0 Å². The fourth-order valence-corrected chi connectivity index (χ4v) is 1.60. The summed E-state index contributed by atoms with van der Waals surface area (Å²) in [5, 5.41) is 16.1. The molecule has 1 rings (SSSR count). The summed E-state index contributed by atoms with van der Waals surface area (Å²) in [6, 6.07) is 1.81. The first-order valence-corrected chi connectivity index (χ1v) is 6.03. The maximum atomic E-state index is 11.8. The second-order valence-electron chi connectivity index (χ2n) is 4.25. The van der Waals surface area contributed by atoms with Gasteiger partial charge < -0.3 is 10.4 Å². The molecule has 1 aromatic rings. The molecule has 5 heteroatoms. The third-order valence-electron chi connectivity index (χ3n) is 2.61. The molecule has 0 fully saturated rings. The van der Waals surface area contributed by atoms with Gasteiger partial charge in [-0.3, -0.25) is 9.48 Å². The third kappa shape index (κ3) is 4.19. The first-order valence-electron chi connectivity index (χ1n) is 6.03. The first-order chi connectivity index (χ1) is 8.04. The van der Waals surface area contributed by atoms with Crippen molar-refractivity contribution in [3.63, 3.8) is 0 Å². The van der Waals surface area contributed by atoms with Crippen molar-refractivity contribution in [3.05, 3.63) is 17.5 Å². The van der Waals surface area contributed by atoms with Gasteiger partial charge in [-0.05, 0) is 32.3 Å². The number of aliphatic hydroxyl groups is 1. The van der Waals surface area contributed by atoms with Crippen LogP contribution in [-0.4, -0.2) is 33.4 Å². The molecule has 1 heterocycles. The molecule has 0 saturated carbocycles. The summed E-state index contributed by atoms with van der Waals surface area (Å²) in [7, 11) is 1.77. The van der Waals surface area contributed by atoms with Crippen LogP contribution < -0.4 is 5.32 Å². The van der Waals surface area contributed by atoms with Gasteiger partial charge in [0.2, 0.25) is 0 Å². The summed E-state index contributed by atoms with van der Waals surface area (Å²) in [6.45, 7) is 4.33. The molecule has 0 saturated heterocycles. The molecule has 1 atom stereocenters. The second-order valence-corrected chi connectivity index (χ2v) is 4.25. The highest BCUT2D eigenvalue weighted by Gasteiger charge is 2.11. The number of carbonyl (C=O) groups is 1. The number of amides is 1. The van der Waals surface area contributed by atoms with Crippen molar-refractivity contribution in [3.8, 4) is 0 Å². The summed E-state index contributed by atoms with van der Waals surface area (Å²) in [5.41, 5.74) is 1.50. The zero-order valence-electron chi connectivity index (χ0n) is 10.7. The van der Waals surface area contributed by atoms with Crippen LogP contribution >= 0.6 is 0 Å². The van der Waals surface area contributed by atoms with Crippen molar-refractivity contribution in [1.82, 2.24) is 15.1 Å². The lowest BCUT2D eigenvalue weighted by Crippen LogP contribution is -2.27. The molecule has 1 aromatic heterocycles. The van der Waals surface area contributed by atoms with Gasteiger partial charge in [-0.25, -0.2) is 0 Å². The van der Waals surface area contributed by atoms with Crippen molar-refractivity contribution in [2.45, 2.75) is 39.2 Å². The predicted octanol–water partition coefficient (Wildman–Crippen LogP) is 0.873. The number of aryl methyl sites for hydroxylation is 2. The van der Waals surface area contributed by atoms with Crippen molar-refractivity contribution in [1.29, 1.82) is 0 Å². The highest BCUT2D eigenvalue weighted by Crippen LogP contribution is 2.03. The Morgan fingerprint density at radius 3 is 2.88 bits per heavy atom. The number of carbonyl (C=O) groups excluding carboxylic acids is 1. The van der Waals surface area contributed by atoms with Crippen molar-refractivity contribution < 1.29 is 9.90 Å². The standard InChI is InChI=1S/C12H21N3O2/c1-4-10-8-11(15(3)14-10)12(17)13-7-5-6-9(2)16/h8-9,16H,4-7H2,1-3H3,(H,13,17). The SMILES string of the molecule is CCc1cc(C(=O)NCCCC(C)O)n(C)n1. The molecule has 0 spiro atoms. The molecule has 17 heavy (non-hydrogen) atoms. The highest BCUT2D eigenvalue weighted by molar-refractivity contribution is 5.92. The Morgan fingerprint density at radius 1 is 1.65 bits per heavy atom. The predicted molar refractivity (Wildman–Crippen MR) is 65.8 cm³/mol. The number of nitrogens with one attached hydrogen (secondary N) is 1. The summed E-state index contributed by atoms with van der Waals surface area (Å²) < 4.78 is 1.60. The molecule has 0 radical (unpaired) electrons. The zero-order valence-corrected chi connectivity index (χ0v) is 10.7. The van der Waals surface area contributed by atoms with E-state index in [9.17, 15) is 4.79 Å². The number of nitrogens with zero attached hydrogens (tertiary/aromatic N) is 2. The summed E-state index contributed by atoms with van der Waals surface area (Å²) >= 11 is 0. The Kier molecular flexibility index (Phi) is 5.15. The molecule has 0 aliphatic carbocycles. The first kappa shape index (κ1) is 13.7. The van der Waals surface area contributed by atoms with E-state index in [1.807, 2.05) is 13.0 Å². The molecule has 0 bridgehead atoms. The van der Waals surface area contributed by atoms with Gasteiger partial charge in [0.1, 0.15) is 5.69 Å². The van der Waals surface area contributed by atoms with E-state index in [4.69, 9.17) is 5.11 Å². The topological polar surface area (TPSA) is 67.2 Å². The van der Waals surface area contributed by atoms with Gasteiger partial charge in [-0.2, -0.15) is 5.10 Å². The molecule has 0 aliphatic heterocycles. The summed E-state index contributed by atoms with van der Waals surface area (Å²) in [5.74, 6) is -0.106. The average molecular weight is 239 g/mol. The minimum absolute atomic E-state index is 0.106. The number of rotatable bonds is 6. The van der Waals surface area contributed by atoms with Crippen molar-refractivity contribution in [2.75, 3.05) is 6.54 Å². The number of aromatic nitrogens is 2. The number of hydrogen-bond donors (Lipinski definition) is 2. The van der Waals surface area contributed by atoms with E-state index in [0.717, 1.165) is 18.5 Å². The van der Waals surface area contributed by atoms with Crippen molar-refractivity contribution >= 4 is 5.91 Å². The number of aliphatic hydroxyl groups excluding tert-OH is 1. The Morgan fingerprint density at radius 2 is 2.35 bits per heavy atom. The van der Waals surface area contributed by atoms with Gasteiger partial charge in [0.05, 0.1) is 11.8 Å². The van der Waals surface area contributed by atoms with Gasteiger partial charge in [-0.15, -0.1) is 0 Å². The smallest absolute Gasteiger partial charge is 0.269 e. The van der Waals surface area contributed by atoms with Crippen LogP contribution in [0.4, 0.5) is 0 Å². The Bertz CT molecular complexity index is 372. The lowest BCUT2D eigenvalue weighted by molar-refractivity contribution is 0.0940. The van der Waals surface area contributed by atoms with Crippen LogP contribution in [0.2, 0.25) is 0 Å². The molecule has 2 N–H and O–H groups in total. The van der Waals surface area contributed by atoms with E-state index in [1.54, 1.807) is 18.7 Å². The molecule has 96 valence electrons. The van der Waals surface area contributed by atoms with Crippen molar-refractivity contribution in [2.24, 2.45) is 7.05 Å². The zero-order chi connectivity index (χ0) is 12.8. The Labute approximate surface area is 102 Å². The van der Waals surface area contributed by atoms with Crippen LogP contribution in [0.15, 0.2) is 6.07 Å². The maximum Gasteiger partial charge on any atom is 0.269 e. The average Bonchev–Trinajstić information content (AvgIpc) is 2.65. The largest absolute Gasteiger partial charge is 0.393 e. The van der Waals surface area contributed by atoms with Crippen LogP contribution in [0.1, 0.15) is 42.9 Å². The molecule has 5 nitrogen and oxygen atoms in total. The van der Waals surface area contributed by atoms with Crippen LogP contribution in [0.25, 0.3) is 0 Å². The van der Waals surface area contributed by atoms with E-state index in [1.165, 1.54) is 0 Å². The molecule has 0 aromatic carbocycles. The fraction of sp³-hybridized carbons (Fsp3) is 0.667. The molecular formula is C12H21N3O2. The van der Waals surface area contributed by atoms with Crippen LogP contribution in [0.5, 0.6) is 0 Å². The van der Waals surface area contributed by atoms with Gasteiger partial charge in [0, 0.05) is 13.6 Å². The minimum Gasteiger partial charge on any atom is -0.393 e. The maximum absolute atomic E-state index is 11.8. The van der Waals surface area contributed by atoms with Crippen LogP contribution in [-0.2, 0) is 13.5 Å². The van der Waals surface area contributed by atoms with Crippen LogP contribution in [0.3, 0.4) is 0 Å². The Balaban J connectivity index is 2.44. The van der Waals surface area contributed by atoms with E-state index in [0.29, 0.717) is 18.7 Å². The molecular weight excluding hydrogens is 218 g/mol. The van der Waals surface area contributed by atoms with E-state index in [2.05, 4.69) is 10.4 Å². The second kappa shape index (κ2) is 6.39. The van der Waals surface area contributed by atoms with Crippen LogP contribution in [0, 0.1) is 0 Å². The molecule has 1 amide bonds. The quantitative estimate of drug-likeness (QED) is 0.724. The number of hydrogen-bond acceptors (Lipinski definition) is 3. The summed E-state index contributed by atoms with van der Waals surface area (Å²) in [4.78, 5) is 11.8. The molecule has 0 aliphatic rings.